The number of aliphatic hydroxyl groups is 1. The molecule has 1 amide bonds. The minimum Gasteiger partial charge on any atom is -0.467 e. The van der Waals surface area contributed by atoms with Crippen molar-refractivity contribution in [1.82, 2.24) is 5.32 Å². The van der Waals surface area contributed by atoms with Crippen LogP contribution in [0, 0.1) is 5.92 Å². The van der Waals surface area contributed by atoms with Gasteiger partial charge in [-0.25, -0.2) is 4.79 Å². The van der Waals surface area contributed by atoms with Crippen molar-refractivity contribution >= 4 is 11.9 Å². The zero-order valence-corrected chi connectivity index (χ0v) is 15.8. The molecule has 142 valence electrons. The second-order valence-corrected chi connectivity index (χ2v) is 7.31. The van der Waals surface area contributed by atoms with Crippen LogP contribution in [0.5, 0.6) is 0 Å². The van der Waals surface area contributed by atoms with Crippen molar-refractivity contribution in [2.75, 3.05) is 7.11 Å². The zero-order chi connectivity index (χ0) is 19.6. The summed E-state index contributed by atoms with van der Waals surface area (Å²) in [7, 11) is 1.30. The molecule has 0 aromatic heterocycles. The molecule has 0 radical (unpaired) electrons. The molecule has 0 saturated heterocycles. The van der Waals surface area contributed by atoms with Crippen LogP contribution >= 0.6 is 0 Å². The summed E-state index contributed by atoms with van der Waals surface area (Å²) in [4.78, 5) is 25.1. The number of carbonyl (C=O) groups excluding carboxylic acids is 2. The Bertz CT molecular complexity index is 800. The number of methoxy groups -OCH3 is 1. The van der Waals surface area contributed by atoms with E-state index in [9.17, 15) is 14.7 Å². The van der Waals surface area contributed by atoms with Gasteiger partial charge >= 0.3 is 5.97 Å². The molecule has 0 heterocycles. The van der Waals surface area contributed by atoms with Gasteiger partial charge in [0.2, 0.25) is 5.91 Å². The number of hydrogen-bond acceptors (Lipinski definition) is 4. The van der Waals surface area contributed by atoms with E-state index in [1.54, 1.807) is 0 Å². The van der Waals surface area contributed by atoms with Crippen LogP contribution in [0.15, 0.2) is 48.5 Å². The predicted molar refractivity (Wildman–Crippen MR) is 103 cm³/mol. The largest absolute Gasteiger partial charge is 0.467 e. The molecule has 3 rings (SSSR count). The predicted octanol–water partition coefficient (Wildman–Crippen LogP) is 2.86. The molecular formula is C22H25NO4. The molecule has 0 saturated carbocycles. The Morgan fingerprint density at radius 2 is 1.56 bits per heavy atom. The molecule has 5 heteroatoms. The second-order valence-electron chi connectivity index (χ2n) is 7.31. The summed E-state index contributed by atoms with van der Waals surface area (Å²) in [5.74, 6) is -1.28. The summed E-state index contributed by atoms with van der Waals surface area (Å²) < 4.78 is 4.98. The first-order chi connectivity index (χ1) is 12.9. The van der Waals surface area contributed by atoms with Crippen molar-refractivity contribution in [3.63, 3.8) is 0 Å². The maximum atomic E-state index is 12.6. The third-order valence-corrected chi connectivity index (χ3v) is 4.97. The topological polar surface area (TPSA) is 75.6 Å². The molecule has 5 nitrogen and oxygen atoms in total. The van der Waals surface area contributed by atoms with E-state index < -0.39 is 24.0 Å². The number of benzene rings is 2. The number of esters is 1. The lowest BCUT2D eigenvalue weighted by atomic mass is 9.89. The van der Waals surface area contributed by atoms with Crippen LogP contribution < -0.4 is 5.32 Å². The standard InChI is InChI=1S/C22H25NO4/c1-13(2)12-18(24)21(25)23-20(22(26)27-3)19-16-10-6-4-8-14(16)15-9-5-7-11-17(15)19/h4-11,13,18-20,24H,12H2,1-3H3,(H,23,25)/t18-,20+/m1/s1. The highest BCUT2D eigenvalue weighted by molar-refractivity contribution is 5.90. The van der Waals surface area contributed by atoms with E-state index in [0.717, 1.165) is 22.3 Å². The molecule has 0 spiro atoms. The Morgan fingerprint density at radius 1 is 1.04 bits per heavy atom. The van der Waals surface area contributed by atoms with Gasteiger partial charge in [-0.05, 0) is 34.6 Å². The lowest BCUT2D eigenvalue weighted by molar-refractivity contribution is -0.146. The second kappa shape index (κ2) is 7.92. The quantitative estimate of drug-likeness (QED) is 0.770. The first kappa shape index (κ1) is 19.1. The number of fused-ring (bicyclic) bond motifs is 3. The van der Waals surface area contributed by atoms with Gasteiger partial charge < -0.3 is 15.2 Å². The molecule has 1 aliphatic rings. The summed E-state index contributed by atoms with van der Waals surface area (Å²) in [6.07, 6.45) is -0.832. The molecule has 2 aromatic carbocycles. The number of aliphatic hydroxyl groups excluding tert-OH is 1. The molecular weight excluding hydrogens is 342 g/mol. The van der Waals surface area contributed by atoms with Crippen molar-refractivity contribution in [1.29, 1.82) is 0 Å². The van der Waals surface area contributed by atoms with Gasteiger partial charge in [0.15, 0.2) is 0 Å². The number of amides is 1. The molecule has 0 bridgehead atoms. The Hall–Kier alpha value is -2.66. The lowest BCUT2D eigenvalue weighted by Crippen LogP contribution is -2.49. The summed E-state index contributed by atoms with van der Waals surface area (Å²) >= 11 is 0. The van der Waals surface area contributed by atoms with Gasteiger partial charge in [-0.1, -0.05) is 62.4 Å². The van der Waals surface area contributed by atoms with Gasteiger partial charge in [-0.2, -0.15) is 0 Å². The maximum absolute atomic E-state index is 12.6. The smallest absolute Gasteiger partial charge is 0.329 e. The average molecular weight is 367 g/mol. The van der Waals surface area contributed by atoms with E-state index in [1.165, 1.54) is 7.11 Å². The third kappa shape index (κ3) is 3.74. The molecule has 27 heavy (non-hydrogen) atoms. The fourth-order valence-corrected chi connectivity index (χ4v) is 3.76. The van der Waals surface area contributed by atoms with Gasteiger partial charge in [0.25, 0.3) is 0 Å². The van der Waals surface area contributed by atoms with E-state index >= 15 is 0 Å². The van der Waals surface area contributed by atoms with Crippen LogP contribution in [0.25, 0.3) is 11.1 Å². The summed E-state index contributed by atoms with van der Waals surface area (Å²) in [6, 6.07) is 14.8. The number of nitrogens with one attached hydrogen (secondary N) is 1. The number of carbonyl (C=O) groups is 2. The van der Waals surface area contributed by atoms with E-state index in [-0.39, 0.29) is 11.8 Å². The molecule has 0 fully saturated rings. The van der Waals surface area contributed by atoms with E-state index in [1.807, 2.05) is 62.4 Å². The highest BCUT2D eigenvalue weighted by atomic mass is 16.5. The number of rotatable bonds is 6. The van der Waals surface area contributed by atoms with Crippen LogP contribution in [-0.2, 0) is 14.3 Å². The Morgan fingerprint density at radius 3 is 2.04 bits per heavy atom. The van der Waals surface area contributed by atoms with Crippen molar-refractivity contribution in [3.05, 3.63) is 59.7 Å². The van der Waals surface area contributed by atoms with E-state index in [4.69, 9.17) is 4.74 Å². The molecule has 2 atom stereocenters. The van der Waals surface area contributed by atoms with Crippen LogP contribution in [0.2, 0.25) is 0 Å². The van der Waals surface area contributed by atoms with Crippen molar-refractivity contribution in [2.24, 2.45) is 5.92 Å². The Kier molecular flexibility index (Phi) is 5.61. The van der Waals surface area contributed by atoms with Crippen LogP contribution in [0.1, 0.15) is 37.3 Å². The van der Waals surface area contributed by atoms with Crippen LogP contribution in [0.3, 0.4) is 0 Å². The van der Waals surface area contributed by atoms with E-state index in [0.29, 0.717) is 6.42 Å². The van der Waals surface area contributed by atoms with Gasteiger partial charge in [0.05, 0.1) is 7.11 Å². The summed E-state index contributed by atoms with van der Waals surface area (Å²) in [6.45, 7) is 3.86. The molecule has 2 N–H and O–H groups in total. The zero-order valence-electron chi connectivity index (χ0n) is 15.8. The Labute approximate surface area is 159 Å². The highest BCUT2D eigenvalue weighted by Crippen LogP contribution is 2.46. The van der Waals surface area contributed by atoms with Gasteiger partial charge in [0, 0.05) is 5.92 Å². The summed E-state index contributed by atoms with van der Waals surface area (Å²) in [5.41, 5.74) is 4.02. The van der Waals surface area contributed by atoms with Crippen molar-refractivity contribution < 1.29 is 19.4 Å². The van der Waals surface area contributed by atoms with Gasteiger partial charge in [-0.3, -0.25) is 4.79 Å². The number of hydrogen-bond donors (Lipinski definition) is 2. The molecule has 0 aliphatic heterocycles. The van der Waals surface area contributed by atoms with E-state index in [2.05, 4.69) is 5.32 Å². The summed E-state index contributed by atoms with van der Waals surface area (Å²) in [5, 5.41) is 12.9. The molecule has 1 aliphatic carbocycles. The first-order valence-corrected chi connectivity index (χ1v) is 9.18. The number of ether oxygens (including phenoxy) is 1. The molecule has 0 unspecified atom stereocenters. The fraction of sp³-hybridized carbons (Fsp3) is 0.364. The van der Waals surface area contributed by atoms with Gasteiger partial charge in [0.1, 0.15) is 12.1 Å². The van der Waals surface area contributed by atoms with Crippen LogP contribution in [-0.4, -0.2) is 36.2 Å². The average Bonchev–Trinajstić information content (AvgIpc) is 2.99. The van der Waals surface area contributed by atoms with Crippen molar-refractivity contribution in [2.45, 2.75) is 38.3 Å². The minimum atomic E-state index is -1.16. The van der Waals surface area contributed by atoms with Crippen molar-refractivity contribution in [3.8, 4) is 11.1 Å². The highest BCUT2D eigenvalue weighted by Gasteiger charge is 2.40. The first-order valence-electron chi connectivity index (χ1n) is 9.18. The fourth-order valence-electron chi connectivity index (χ4n) is 3.76. The Balaban J connectivity index is 1.99. The SMILES string of the molecule is COC(=O)[C@@H](NC(=O)[C@H](O)CC(C)C)C1c2ccccc2-c2ccccc21. The van der Waals surface area contributed by atoms with Gasteiger partial charge in [-0.15, -0.1) is 0 Å². The third-order valence-electron chi connectivity index (χ3n) is 4.97. The lowest BCUT2D eigenvalue weighted by Gasteiger charge is -2.26. The minimum absolute atomic E-state index is 0.162. The maximum Gasteiger partial charge on any atom is 0.329 e. The monoisotopic (exact) mass is 367 g/mol. The van der Waals surface area contributed by atoms with Crippen LogP contribution in [0.4, 0.5) is 0 Å². The normalized spacial score (nSPS) is 15.0. The molecule has 2 aromatic rings.